The first-order chi connectivity index (χ1) is 15.9. The zero-order chi connectivity index (χ0) is 24.7. The normalized spacial score (nSPS) is 24.1. The van der Waals surface area contributed by atoms with E-state index >= 15 is 0 Å². The van der Waals surface area contributed by atoms with Gasteiger partial charge in [-0.25, -0.2) is 4.98 Å². The van der Waals surface area contributed by atoms with Crippen molar-refractivity contribution in [2.45, 2.75) is 45.1 Å². The lowest BCUT2D eigenvalue weighted by molar-refractivity contribution is -0.123. The Hall–Kier alpha value is -2.60. The maximum Gasteiger partial charge on any atom is 0.191 e. The summed E-state index contributed by atoms with van der Waals surface area (Å²) in [4.78, 5) is 26.5. The van der Waals surface area contributed by atoms with Crippen LogP contribution in [0.15, 0.2) is 35.1 Å². The van der Waals surface area contributed by atoms with Gasteiger partial charge in [0.2, 0.25) is 0 Å². The lowest BCUT2D eigenvalue weighted by atomic mass is 9.82. The maximum atomic E-state index is 13.0. The molecule has 0 unspecified atom stereocenters. The third kappa shape index (κ3) is 3.97. The molecular weight excluding hydrogens is 352 g/mol. The minimum Gasteiger partial charge on any atom is -0.441 e. The molecule has 1 aliphatic rings. The molecule has 3 heterocycles. The van der Waals surface area contributed by atoms with E-state index < -0.39 is 20.0 Å². The molecule has 0 atom stereocenters. The summed E-state index contributed by atoms with van der Waals surface area (Å²) in [6, 6.07) is 3.15. The third-order valence-electron chi connectivity index (χ3n) is 5.40. The molecule has 0 spiro atoms. The van der Waals surface area contributed by atoms with Crippen LogP contribution >= 0.6 is 0 Å². The van der Waals surface area contributed by atoms with Gasteiger partial charge in [-0.15, -0.1) is 0 Å². The van der Waals surface area contributed by atoms with Crippen molar-refractivity contribution in [2.75, 3.05) is 14.0 Å². The van der Waals surface area contributed by atoms with Crippen molar-refractivity contribution in [3.63, 3.8) is 0 Å². The van der Waals surface area contributed by atoms with E-state index in [4.69, 9.17) is 12.6 Å². The lowest BCUT2D eigenvalue weighted by Crippen LogP contribution is -2.34. The number of carbonyl (C=O) groups excluding carboxylic acids is 1. The number of hydrogen-bond acceptors (Lipinski definition) is 6. The van der Waals surface area contributed by atoms with Crippen molar-refractivity contribution in [3.8, 4) is 11.3 Å². The second-order valence-corrected chi connectivity index (χ2v) is 7.35. The first-order valence-corrected chi connectivity index (χ1v) is 9.41. The SMILES string of the molecule is [2H]C([2H])([2H])N(C1CCC(C(=O)Cc2cc3cc(-c4cnc(C)o4)cnc3cn2)CC1)C([2H])([2H])[2H]. The average molecular weight is 385 g/mol. The van der Waals surface area contributed by atoms with Gasteiger partial charge in [0.1, 0.15) is 5.78 Å². The number of aromatic nitrogens is 3. The van der Waals surface area contributed by atoms with Gasteiger partial charge in [-0.2, -0.15) is 0 Å². The van der Waals surface area contributed by atoms with Crippen molar-refractivity contribution >= 4 is 16.7 Å². The largest absolute Gasteiger partial charge is 0.441 e. The number of Topliss-reactive ketones (excluding diaryl/α,β-unsaturated/α-hetero) is 1. The van der Waals surface area contributed by atoms with Gasteiger partial charge in [-0.05, 0) is 51.8 Å². The van der Waals surface area contributed by atoms with Crippen LogP contribution in [0.1, 0.15) is 45.5 Å². The number of fused-ring (bicyclic) bond motifs is 1. The highest BCUT2D eigenvalue weighted by molar-refractivity contribution is 5.86. The molecule has 3 aromatic rings. The fraction of sp³-hybridized carbons (Fsp3) is 0.455. The van der Waals surface area contributed by atoms with Crippen molar-refractivity contribution in [1.82, 2.24) is 19.9 Å². The van der Waals surface area contributed by atoms with Crippen LogP contribution in [0, 0.1) is 12.8 Å². The quantitative estimate of drug-likeness (QED) is 0.666. The highest BCUT2D eigenvalue weighted by Gasteiger charge is 2.27. The van der Waals surface area contributed by atoms with Crippen LogP contribution in [0.4, 0.5) is 0 Å². The van der Waals surface area contributed by atoms with E-state index in [0.29, 0.717) is 53.4 Å². The molecule has 1 aliphatic carbocycles. The molecule has 0 aromatic carbocycles. The molecule has 3 aromatic heterocycles. The molecule has 28 heavy (non-hydrogen) atoms. The molecule has 146 valence electrons. The van der Waals surface area contributed by atoms with Crippen molar-refractivity contribution in [2.24, 2.45) is 5.92 Å². The standard InChI is InChI=1S/C22H26N4O2/c1-14-23-13-22(28-14)17-8-16-9-18(24-12-20(16)25-11-17)10-21(27)15-4-6-19(7-5-15)26(2)3/h8-9,11-13,15,19H,4-7,10H2,1-3H3/i2D3,3D3. The van der Waals surface area contributed by atoms with E-state index in [9.17, 15) is 4.79 Å². The summed E-state index contributed by atoms with van der Waals surface area (Å²) >= 11 is 0. The summed E-state index contributed by atoms with van der Waals surface area (Å²) in [5.74, 6) is 0.952. The number of ketones is 1. The predicted octanol–water partition coefficient (Wildman–Crippen LogP) is 3.83. The Bertz CT molecular complexity index is 1170. The fourth-order valence-corrected chi connectivity index (χ4v) is 3.78. The Balaban J connectivity index is 1.43. The summed E-state index contributed by atoms with van der Waals surface area (Å²) in [7, 11) is 0. The molecule has 0 bridgehead atoms. The van der Waals surface area contributed by atoms with Crippen molar-refractivity contribution < 1.29 is 17.4 Å². The zero-order valence-electron chi connectivity index (χ0n) is 21.7. The Labute approximate surface area is 173 Å². The van der Waals surface area contributed by atoms with Crippen LogP contribution in [0.25, 0.3) is 22.2 Å². The van der Waals surface area contributed by atoms with Gasteiger partial charge in [-0.1, -0.05) is 0 Å². The number of carbonyl (C=O) groups is 1. The summed E-state index contributed by atoms with van der Waals surface area (Å²) in [5.41, 5.74) is 2.10. The molecule has 4 rings (SSSR count). The van der Waals surface area contributed by atoms with E-state index in [0.717, 1.165) is 10.9 Å². The number of nitrogens with zero attached hydrogens (tertiary/aromatic N) is 4. The topological polar surface area (TPSA) is 72.1 Å². The highest BCUT2D eigenvalue weighted by atomic mass is 16.4. The van der Waals surface area contributed by atoms with E-state index in [1.807, 2.05) is 12.1 Å². The Morgan fingerprint density at radius 1 is 1.14 bits per heavy atom. The molecule has 0 aliphatic heterocycles. The third-order valence-corrected chi connectivity index (χ3v) is 5.40. The molecule has 0 saturated heterocycles. The molecular formula is C22H26N4O2. The summed E-state index contributed by atoms with van der Waals surface area (Å²) in [5, 5.41) is 0.832. The number of oxazole rings is 1. The van der Waals surface area contributed by atoms with Crippen LogP contribution in [-0.2, 0) is 11.2 Å². The van der Waals surface area contributed by atoms with E-state index in [2.05, 4.69) is 15.0 Å². The van der Waals surface area contributed by atoms with E-state index in [-0.39, 0.29) is 18.1 Å². The highest BCUT2D eigenvalue weighted by Crippen LogP contribution is 2.28. The lowest BCUT2D eigenvalue weighted by Gasteiger charge is -2.31. The second-order valence-electron chi connectivity index (χ2n) is 7.35. The van der Waals surface area contributed by atoms with Crippen LogP contribution in [0.2, 0.25) is 0 Å². The number of rotatable bonds is 5. The van der Waals surface area contributed by atoms with Gasteiger partial charge in [0.25, 0.3) is 0 Å². The Kier molecular flexibility index (Phi) is 3.56. The number of pyridine rings is 2. The minimum atomic E-state index is -2.71. The van der Waals surface area contributed by atoms with E-state index in [1.54, 1.807) is 25.5 Å². The smallest absolute Gasteiger partial charge is 0.191 e. The summed E-state index contributed by atoms with van der Waals surface area (Å²) in [6.45, 7) is -3.65. The second kappa shape index (κ2) is 7.80. The van der Waals surface area contributed by atoms with Crippen LogP contribution in [-0.4, -0.2) is 45.6 Å². The predicted molar refractivity (Wildman–Crippen MR) is 108 cm³/mol. The fourth-order valence-electron chi connectivity index (χ4n) is 3.78. The zero-order valence-corrected chi connectivity index (χ0v) is 15.7. The molecule has 6 nitrogen and oxygen atoms in total. The monoisotopic (exact) mass is 384 g/mol. The van der Waals surface area contributed by atoms with Gasteiger partial charge < -0.3 is 9.32 Å². The maximum absolute atomic E-state index is 13.0. The molecule has 6 heteroatoms. The van der Waals surface area contributed by atoms with Crippen LogP contribution in [0.3, 0.4) is 0 Å². The van der Waals surface area contributed by atoms with Crippen molar-refractivity contribution in [1.29, 1.82) is 0 Å². The number of hydrogen-bond donors (Lipinski definition) is 0. The van der Waals surface area contributed by atoms with Gasteiger partial charge >= 0.3 is 0 Å². The number of aryl methyl sites for hydroxylation is 1. The van der Waals surface area contributed by atoms with Gasteiger partial charge in [0, 0.05) is 56.4 Å². The van der Waals surface area contributed by atoms with Crippen LogP contribution < -0.4 is 0 Å². The van der Waals surface area contributed by atoms with Gasteiger partial charge in [0.05, 0.1) is 17.9 Å². The van der Waals surface area contributed by atoms with Gasteiger partial charge in [-0.3, -0.25) is 14.8 Å². The molecule has 1 fully saturated rings. The first kappa shape index (κ1) is 12.8. The molecule has 0 radical (unpaired) electrons. The Morgan fingerprint density at radius 3 is 2.68 bits per heavy atom. The molecule has 1 saturated carbocycles. The Morgan fingerprint density at radius 2 is 1.96 bits per heavy atom. The molecule has 0 N–H and O–H groups in total. The van der Waals surface area contributed by atoms with Crippen molar-refractivity contribution in [3.05, 3.63) is 42.3 Å². The molecule has 0 amide bonds. The first-order valence-electron chi connectivity index (χ1n) is 12.4. The van der Waals surface area contributed by atoms with Crippen LogP contribution in [0.5, 0.6) is 0 Å². The summed E-state index contributed by atoms with van der Waals surface area (Å²) < 4.78 is 51.2. The van der Waals surface area contributed by atoms with E-state index in [1.165, 1.54) is 0 Å². The minimum absolute atomic E-state index is 0.0228. The van der Waals surface area contributed by atoms with Gasteiger partial charge in [0.15, 0.2) is 11.7 Å². The summed E-state index contributed by atoms with van der Waals surface area (Å²) in [6.07, 6.45) is 6.72. The average Bonchev–Trinajstić information content (AvgIpc) is 3.18.